The average Bonchev–Trinajstić information content (AvgIpc) is 2.35. The van der Waals surface area contributed by atoms with Crippen LogP contribution in [0.2, 0.25) is 0 Å². The molecule has 1 rings (SSSR count). The molecule has 0 aromatic heterocycles. The molecule has 0 aliphatic rings. The van der Waals surface area contributed by atoms with Gasteiger partial charge in [0.15, 0.2) is 0 Å². The zero-order chi connectivity index (χ0) is 12.9. The molecule has 2 atom stereocenters. The molecule has 17 heavy (non-hydrogen) atoms. The van der Waals surface area contributed by atoms with Gasteiger partial charge in [0.05, 0.1) is 5.54 Å². The van der Waals surface area contributed by atoms with Gasteiger partial charge in [0.1, 0.15) is 5.75 Å². The molecule has 0 bridgehead atoms. The van der Waals surface area contributed by atoms with Crippen molar-refractivity contribution in [2.45, 2.75) is 19.4 Å². The van der Waals surface area contributed by atoms with Crippen molar-refractivity contribution in [1.82, 2.24) is 5.32 Å². The van der Waals surface area contributed by atoms with E-state index in [0.29, 0.717) is 12.3 Å². The number of phenols is 1. The van der Waals surface area contributed by atoms with Crippen molar-refractivity contribution in [3.05, 3.63) is 55.1 Å². The summed E-state index contributed by atoms with van der Waals surface area (Å²) in [6.07, 6.45) is 3.70. The van der Waals surface area contributed by atoms with Crippen molar-refractivity contribution in [3.63, 3.8) is 0 Å². The van der Waals surface area contributed by atoms with Gasteiger partial charge in [0.25, 0.3) is 0 Å². The first kappa shape index (κ1) is 13.5. The van der Waals surface area contributed by atoms with Crippen LogP contribution in [-0.2, 0) is 5.54 Å². The van der Waals surface area contributed by atoms with Gasteiger partial charge in [-0.15, -0.1) is 13.2 Å². The van der Waals surface area contributed by atoms with E-state index in [0.717, 1.165) is 5.56 Å². The van der Waals surface area contributed by atoms with E-state index in [1.54, 1.807) is 6.07 Å². The first-order valence-corrected chi connectivity index (χ1v) is 5.83. The molecule has 2 N–H and O–H groups in total. The first-order valence-electron chi connectivity index (χ1n) is 5.83. The Balaban J connectivity index is 3.18. The van der Waals surface area contributed by atoms with Crippen molar-refractivity contribution >= 4 is 0 Å². The van der Waals surface area contributed by atoms with Crippen molar-refractivity contribution in [2.24, 2.45) is 5.92 Å². The Hall–Kier alpha value is -1.54. The van der Waals surface area contributed by atoms with Crippen LogP contribution in [0.15, 0.2) is 49.6 Å². The molecule has 2 nitrogen and oxygen atoms in total. The van der Waals surface area contributed by atoms with Crippen molar-refractivity contribution in [2.75, 3.05) is 6.54 Å². The average molecular weight is 231 g/mol. The lowest BCUT2D eigenvalue weighted by molar-refractivity contribution is 0.291. The topological polar surface area (TPSA) is 32.3 Å². The molecule has 0 saturated heterocycles. The molecule has 92 valence electrons. The fraction of sp³-hybridized carbons (Fsp3) is 0.333. The molecule has 0 unspecified atom stereocenters. The number of rotatable bonds is 6. The summed E-state index contributed by atoms with van der Waals surface area (Å²) in [5.41, 5.74) is 0.538. The van der Waals surface area contributed by atoms with Crippen molar-refractivity contribution in [3.8, 4) is 5.75 Å². The fourth-order valence-electron chi connectivity index (χ4n) is 1.93. The molecule has 0 heterocycles. The largest absolute Gasteiger partial charge is 0.508 e. The van der Waals surface area contributed by atoms with E-state index in [2.05, 4.69) is 32.3 Å². The normalized spacial score (nSPS) is 15.9. The van der Waals surface area contributed by atoms with E-state index < -0.39 is 0 Å². The highest BCUT2D eigenvalue weighted by atomic mass is 16.3. The van der Waals surface area contributed by atoms with Crippen LogP contribution in [0, 0.1) is 5.92 Å². The lowest BCUT2D eigenvalue weighted by Gasteiger charge is -2.36. The summed E-state index contributed by atoms with van der Waals surface area (Å²) in [5, 5.41) is 13.4. The van der Waals surface area contributed by atoms with Crippen LogP contribution in [0.4, 0.5) is 0 Å². The quantitative estimate of drug-likeness (QED) is 0.737. The number of para-hydroxylation sites is 1. The number of phenolic OH excluding ortho intramolecular Hbond substituents is 1. The lowest BCUT2D eigenvalue weighted by atomic mass is 9.80. The van der Waals surface area contributed by atoms with Gasteiger partial charge in [0.2, 0.25) is 0 Å². The van der Waals surface area contributed by atoms with E-state index >= 15 is 0 Å². The summed E-state index contributed by atoms with van der Waals surface area (Å²) >= 11 is 0. The second-order valence-electron chi connectivity index (χ2n) is 4.41. The minimum Gasteiger partial charge on any atom is -0.508 e. The molecule has 1 aromatic rings. The van der Waals surface area contributed by atoms with Crippen molar-refractivity contribution < 1.29 is 5.11 Å². The van der Waals surface area contributed by atoms with E-state index in [-0.39, 0.29) is 11.5 Å². The Morgan fingerprint density at radius 1 is 1.41 bits per heavy atom. The second-order valence-corrected chi connectivity index (χ2v) is 4.41. The zero-order valence-corrected chi connectivity index (χ0v) is 10.6. The smallest absolute Gasteiger partial charge is 0.120 e. The lowest BCUT2D eigenvalue weighted by Crippen LogP contribution is -2.44. The Labute approximate surface area is 104 Å². The van der Waals surface area contributed by atoms with Crippen LogP contribution in [0.25, 0.3) is 0 Å². The summed E-state index contributed by atoms with van der Waals surface area (Å²) in [6, 6.07) is 7.40. The molecular formula is C15H21NO. The molecule has 0 aliphatic carbocycles. The number of hydrogen-bond donors (Lipinski definition) is 2. The van der Waals surface area contributed by atoms with Gasteiger partial charge >= 0.3 is 0 Å². The third-order valence-corrected chi connectivity index (χ3v) is 3.34. The highest BCUT2D eigenvalue weighted by Gasteiger charge is 2.32. The fourth-order valence-corrected chi connectivity index (χ4v) is 1.93. The summed E-state index contributed by atoms with van der Waals surface area (Å²) in [5.74, 6) is 0.496. The first-order chi connectivity index (χ1) is 8.06. The standard InChI is InChI=1S/C15H21NO/c1-5-11-16-15(4,12(3)6-2)13-9-7-8-10-14(13)17/h5-10,12,16-17H,1-2,11H2,3-4H3/t12-,15+/m1/s1. The van der Waals surface area contributed by atoms with Gasteiger partial charge in [0, 0.05) is 12.1 Å². The molecule has 0 radical (unpaired) electrons. The number of benzene rings is 1. The summed E-state index contributed by atoms with van der Waals surface area (Å²) in [7, 11) is 0. The summed E-state index contributed by atoms with van der Waals surface area (Å²) in [4.78, 5) is 0. The monoisotopic (exact) mass is 231 g/mol. The van der Waals surface area contributed by atoms with Gasteiger partial charge in [-0.3, -0.25) is 0 Å². The molecule has 0 amide bonds. The van der Waals surface area contributed by atoms with Crippen LogP contribution in [-0.4, -0.2) is 11.7 Å². The van der Waals surface area contributed by atoms with Gasteiger partial charge in [-0.25, -0.2) is 0 Å². The molecule has 0 spiro atoms. The molecule has 2 heteroatoms. The van der Waals surface area contributed by atoms with Crippen molar-refractivity contribution in [1.29, 1.82) is 0 Å². The summed E-state index contributed by atoms with van der Waals surface area (Å²) < 4.78 is 0. The van der Waals surface area contributed by atoms with E-state index in [1.165, 1.54) is 0 Å². The molecule has 0 saturated carbocycles. The van der Waals surface area contributed by atoms with Gasteiger partial charge in [-0.2, -0.15) is 0 Å². The Kier molecular flexibility index (Phi) is 4.53. The Bertz CT molecular complexity index is 400. The van der Waals surface area contributed by atoms with E-state index in [1.807, 2.05) is 30.4 Å². The number of nitrogens with one attached hydrogen (secondary N) is 1. The molecule has 1 aromatic carbocycles. The van der Waals surface area contributed by atoms with Gasteiger partial charge < -0.3 is 10.4 Å². The third-order valence-electron chi connectivity index (χ3n) is 3.34. The van der Waals surface area contributed by atoms with Crippen LogP contribution in [0.5, 0.6) is 5.75 Å². The maximum atomic E-state index is 9.99. The minimum atomic E-state index is -0.346. The van der Waals surface area contributed by atoms with Crippen LogP contribution >= 0.6 is 0 Å². The minimum absolute atomic E-state index is 0.191. The Morgan fingerprint density at radius 2 is 2.06 bits per heavy atom. The van der Waals surface area contributed by atoms with E-state index in [4.69, 9.17) is 0 Å². The predicted octanol–water partition coefficient (Wildman–Crippen LogP) is 3.21. The van der Waals surface area contributed by atoms with Gasteiger partial charge in [-0.05, 0) is 18.9 Å². The number of aromatic hydroxyl groups is 1. The molecule has 0 fully saturated rings. The predicted molar refractivity (Wildman–Crippen MR) is 73.0 cm³/mol. The highest BCUT2D eigenvalue weighted by molar-refractivity contribution is 5.38. The van der Waals surface area contributed by atoms with Crippen LogP contribution in [0.3, 0.4) is 0 Å². The third kappa shape index (κ3) is 2.77. The second kappa shape index (κ2) is 5.69. The maximum absolute atomic E-state index is 9.99. The zero-order valence-electron chi connectivity index (χ0n) is 10.6. The van der Waals surface area contributed by atoms with E-state index in [9.17, 15) is 5.11 Å². The van der Waals surface area contributed by atoms with Crippen LogP contribution < -0.4 is 5.32 Å². The highest BCUT2D eigenvalue weighted by Crippen LogP contribution is 2.35. The van der Waals surface area contributed by atoms with Crippen LogP contribution in [0.1, 0.15) is 19.4 Å². The SMILES string of the molecule is C=CCN[C@](C)(c1ccccc1O)[C@H](C)C=C. The summed E-state index contributed by atoms with van der Waals surface area (Å²) in [6.45, 7) is 12.4. The van der Waals surface area contributed by atoms with Gasteiger partial charge in [-0.1, -0.05) is 37.3 Å². The molecule has 0 aliphatic heterocycles. The molecular weight excluding hydrogens is 210 g/mol. The Morgan fingerprint density at radius 3 is 2.59 bits per heavy atom. The number of hydrogen-bond acceptors (Lipinski definition) is 2. The maximum Gasteiger partial charge on any atom is 0.120 e.